The normalized spacial score (nSPS) is 11.1. The van der Waals surface area contributed by atoms with E-state index in [1.54, 1.807) is 30.5 Å². The predicted molar refractivity (Wildman–Crippen MR) is 121 cm³/mol. The van der Waals surface area contributed by atoms with Gasteiger partial charge >= 0.3 is 5.69 Å². The summed E-state index contributed by atoms with van der Waals surface area (Å²) in [4.78, 5) is 29.6. The lowest BCUT2D eigenvalue weighted by atomic mass is 10.1. The number of amides is 1. The molecule has 0 aliphatic rings. The average Bonchev–Trinajstić information content (AvgIpc) is 3.45. The second kappa shape index (κ2) is 8.74. The maximum absolute atomic E-state index is 13.0. The van der Waals surface area contributed by atoms with Crippen molar-refractivity contribution in [2.45, 2.75) is 20.0 Å². The van der Waals surface area contributed by atoms with Gasteiger partial charge in [-0.3, -0.25) is 4.79 Å². The Morgan fingerprint density at radius 3 is 2.62 bits per heavy atom. The van der Waals surface area contributed by atoms with Gasteiger partial charge < -0.3 is 9.84 Å². The fourth-order valence-corrected chi connectivity index (χ4v) is 3.46. The van der Waals surface area contributed by atoms with Crippen molar-refractivity contribution in [3.05, 3.63) is 94.3 Å². The number of fused-ring (bicyclic) bond motifs is 1. The van der Waals surface area contributed by atoms with Crippen LogP contribution in [0.5, 0.6) is 0 Å². The lowest BCUT2D eigenvalue weighted by Gasteiger charge is -2.04. The Labute approximate surface area is 192 Å². The number of carbonyl (C=O) groups is 1. The average molecular weight is 458 g/mol. The Balaban J connectivity index is 1.38. The highest BCUT2D eigenvalue weighted by molar-refractivity contribution is 5.76. The molecule has 0 bridgehead atoms. The summed E-state index contributed by atoms with van der Waals surface area (Å²) in [6.45, 7) is 1.92. The molecular formula is C24H19FN6O3. The molecule has 5 rings (SSSR count). The number of aryl methyl sites for hydroxylation is 1. The van der Waals surface area contributed by atoms with Crippen LogP contribution in [0.15, 0.2) is 76.2 Å². The molecule has 0 atom stereocenters. The first-order chi connectivity index (χ1) is 16.5. The number of nitrogens with zero attached hydrogens (tertiary/aromatic N) is 5. The molecule has 0 aliphatic carbocycles. The number of rotatable bonds is 6. The van der Waals surface area contributed by atoms with Crippen LogP contribution < -0.4 is 11.0 Å². The summed E-state index contributed by atoms with van der Waals surface area (Å²) in [5.74, 6) is -0.136. The molecule has 0 fully saturated rings. The van der Waals surface area contributed by atoms with Gasteiger partial charge in [-0.1, -0.05) is 47.1 Å². The van der Waals surface area contributed by atoms with Crippen molar-refractivity contribution in [2.75, 3.05) is 0 Å². The highest BCUT2D eigenvalue weighted by Gasteiger charge is 2.18. The lowest BCUT2D eigenvalue weighted by molar-refractivity contribution is -0.122. The van der Waals surface area contributed by atoms with Crippen molar-refractivity contribution in [2.24, 2.45) is 0 Å². The van der Waals surface area contributed by atoms with Crippen molar-refractivity contribution in [3.63, 3.8) is 0 Å². The van der Waals surface area contributed by atoms with E-state index in [2.05, 4.69) is 20.6 Å². The van der Waals surface area contributed by atoms with Gasteiger partial charge in [0.1, 0.15) is 12.4 Å². The van der Waals surface area contributed by atoms with Crippen molar-refractivity contribution >= 4 is 11.6 Å². The van der Waals surface area contributed by atoms with Crippen LogP contribution in [0.4, 0.5) is 4.39 Å². The Morgan fingerprint density at radius 2 is 1.85 bits per heavy atom. The van der Waals surface area contributed by atoms with E-state index in [0.717, 1.165) is 21.4 Å². The van der Waals surface area contributed by atoms with Crippen molar-refractivity contribution in [1.82, 2.24) is 29.6 Å². The standard InChI is InChI=1S/C24H19FN6O3/c1-15-4-8-17(9-5-15)21-27-23(34-29-21)19-3-2-12-30-22(19)28-31(24(30)33)14-20(32)26-13-16-6-10-18(25)11-7-16/h2-12H,13-14H2,1H3,(H,26,32). The summed E-state index contributed by atoms with van der Waals surface area (Å²) in [6, 6.07) is 16.9. The zero-order chi connectivity index (χ0) is 23.7. The molecule has 34 heavy (non-hydrogen) atoms. The molecule has 0 saturated carbocycles. The van der Waals surface area contributed by atoms with Crippen molar-refractivity contribution < 1.29 is 13.7 Å². The van der Waals surface area contributed by atoms with Gasteiger partial charge in [0.25, 0.3) is 5.89 Å². The number of pyridine rings is 1. The minimum atomic E-state index is -0.480. The molecule has 2 aromatic carbocycles. The maximum atomic E-state index is 13.0. The van der Waals surface area contributed by atoms with Crippen LogP contribution in [-0.4, -0.2) is 30.2 Å². The summed E-state index contributed by atoms with van der Waals surface area (Å²) in [5, 5.41) is 11.1. The molecule has 0 saturated heterocycles. The first-order valence-corrected chi connectivity index (χ1v) is 10.5. The smallest absolute Gasteiger partial charge is 0.350 e. The molecule has 0 aliphatic heterocycles. The fraction of sp³-hybridized carbons (Fsp3) is 0.125. The van der Waals surface area contributed by atoms with Gasteiger partial charge in [0.2, 0.25) is 11.7 Å². The molecule has 10 heteroatoms. The Kier molecular flexibility index (Phi) is 5.46. The molecule has 5 aromatic rings. The summed E-state index contributed by atoms with van der Waals surface area (Å²) in [7, 11) is 0. The van der Waals surface area contributed by atoms with Crippen LogP contribution in [-0.2, 0) is 17.9 Å². The fourth-order valence-electron chi connectivity index (χ4n) is 3.46. The number of aromatic nitrogens is 5. The van der Waals surface area contributed by atoms with E-state index in [1.165, 1.54) is 16.5 Å². The van der Waals surface area contributed by atoms with E-state index in [-0.39, 0.29) is 30.4 Å². The van der Waals surface area contributed by atoms with E-state index < -0.39 is 11.6 Å². The highest BCUT2D eigenvalue weighted by atomic mass is 19.1. The summed E-state index contributed by atoms with van der Waals surface area (Å²) in [6.07, 6.45) is 1.55. The van der Waals surface area contributed by atoms with Crippen molar-refractivity contribution in [1.29, 1.82) is 0 Å². The summed E-state index contributed by atoms with van der Waals surface area (Å²) >= 11 is 0. The summed E-state index contributed by atoms with van der Waals surface area (Å²) in [5.41, 5.74) is 2.93. The third-order valence-corrected chi connectivity index (χ3v) is 5.27. The topological polar surface area (TPSA) is 107 Å². The number of carbonyl (C=O) groups excluding carboxylic acids is 1. The van der Waals surface area contributed by atoms with E-state index in [0.29, 0.717) is 11.4 Å². The second-order valence-electron chi connectivity index (χ2n) is 7.75. The predicted octanol–water partition coefficient (Wildman–Crippen LogP) is 2.98. The molecule has 1 N–H and O–H groups in total. The Bertz CT molecular complexity index is 1530. The van der Waals surface area contributed by atoms with Crippen LogP contribution in [0.3, 0.4) is 0 Å². The summed E-state index contributed by atoms with van der Waals surface area (Å²) < 4.78 is 20.8. The van der Waals surface area contributed by atoms with Crippen LogP contribution >= 0.6 is 0 Å². The second-order valence-corrected chi connectivity index (χ2v) is 7.75. The molecular weight excluding hydrogens is 439 g/mol. The zero-order valence-corrected chi connectivity index (χ0v) is 18.1. The maximum Gasteiger partial charge on any atom is 0.350 e. The number of nitrogens with one attached hydrogen (secondary N) is 1. The van der Waals surface area contributed by atoms with Crippen LogP contribution in [0.1, 0.15) is 11.1 Å². The van der Waals surface area contributed by atoms with E-state index in [1.807, 2.05) is 31.2 Å². The van der Waals surface area contributed by atoms with Gasteiger partial charge in [-0.05, 0) is 36.8 Å². The highest BCUT2D eigenvalue weighted by Crippen LogP contribution is 2.24. The number of hydrogen-bond acceptors (Lipinski definition) is 6. The molecule has 3 aromatic heterocycles. The minimum Gasteiger partial charge on any atom is -0.350 e. The monoisotopic (exact) mass is 458 g/mol. The minimum absolute atomic E-state index is 0.205. The largest absolute Gasteiger partial charge is 0.350 e. The Hall–Kier alpha value is -4.60. The quantitative estimate of drug-likeness (QED) is 0.419. The molecule has 3 heterocycles. The molecule has 0 spiro atoms. The zero-order valence-electron chi connectivity index (χ0n) is 18.1. The van der Waals surface area contributed by atoms with E-state index in [9.17, 15) is 14.0 Å². The molecule has 0 radical (unpaired) electrons. The van der Waals surface area contributed by atoms with E-state index >= 15 is 0 Å². The molecule has 170 valence electrons. The number of benzene rings is 2. The van der Waals surface area contributed by atoms with Crippen molar-refractivity contribution in [3.8, 4) is 22.8 Å². The first-order valence-electron chi connectivity index (χ1n) is 10.5. The van der Waals surface area contributed by atoms with Gasteiger partial charge in [-0.2, -0.15) is 4.98 Å². The lowest BCUT2D eigenvalue weighted by Crippen LogP contribution is -2.32. The van der Waals surface area contributed by atoms with Crippen LogP contribution in [0.25, 0.3) is 28.5 Å². The van der Waals surface area contributed by atoms with Gasteiger partial charge in [-0.15, -0.1) is 5.10 Å². The van der Waals surface area contributed by atoms with E-state index in [4.69, 9.17) is 4.52 Å². The third kappa shape index (κ3) is 4.20. The van der Waals surface area contributed by atoms with Gasteiger partial charge in [0.15, 0.2) is 5.65 Å². The molecule has 0 unspecified atom stereocenters. The third-order valence-electron chi connectivity index (χ3n) is 5.27. The Morgan fingerprint density at radius 1 is 1.09 bits per heavy atom. The first kappa shape index (κ1) is 21.3. The van der Waals surface area contributed by atoms with Gasteiger partial charge in [0, 0.05) is 18.3 Å². The number of hydrogen-bond donors (Lipinski definition) is 1. The number of halogens is 1. The van der Waals surface area contributed by atoms with Gasteiger partial charge in [0.05, 0.1) is 5.56 Å². The van der Waals surface area contributed by atoms with Crippen LogP contribution in [0, 0.1) is 12.7 Å². The molecule has 1 amide bonds. The SMILES string of the molecule is Cc1ccc(-c2noc(-c3cccn4c(=O)n(CC(=O)NCc5ccc(F)cc5)nc34)n2)cc1. The van der Waals surface area contributed by atoms with Gasteiger partial charge in [-0.25, -0.2) is 18.3 Å². The van der Waals surface area contributed by atoms with Crippen LogP contribution in [0.2, 0.25) is 0 Å². The molecule has 9 nitrogen and oxygen atoms in total.